The van der Waals surface area contributed by atoms with Crippen molar-refractivity contribution >= 4 is 44.1 Å². The molecule has 1 aromatic heterocycles. The van der Waals surface area contributed by atoms with Crippen LogP contribution in [0, 0.1) is 0 Å². The van der Waals surface area contributed by atoms with Gasteiger partial charge in [-0.15, -0.1) is 11.3 Å². The molecule has 5 nitrogen and oxygen atoms in total. The van der Waals surface area contributed by atoms with Crippen molar-refractivity contribution in [2.45, 2.75) is 39.0 Å². The van der Waals surface area contributed by atoms with Crippen LogP contribution in [-0.4, -0.2) is 25.6 Å². The molecule has 0 radical (unpaired) electrons. The fourth-order valence-electron chi connectivity index (χ4n) is 3.07. The van der Waals surface area contributed by atoms with Crippen LogP contribution in [0.5, 0.6) is 5.75 Å². The van der Waals surface area contributed by atoms with E-state index >= 15 is 0 Å². The van der Waals surface area contributed by atoms with Gasteiger partial charge in [-0.1, -0.05) is 13.3 Å². The molecule has 0 bridgehead atoms. The summed E-state index contributed by atoms with van der Waals surface area (Å²) in [7, 11) is 1.36. The first-order chi connectivity index (χ1) is 13.0. The predicted octanol–water partition coefficient (Wildman–Crippen LogP) is 5.22. The Morgan fingerprint density at radius 3 is 2.81 bits per heavy atom. The smallest absolute Gasteiger partial charge is 0.341 e. The zero-order chi connectivity index (χ0) is 19.4. The summed E-state index contributed by atoms with van der Waals surface area (Å²) in [6, 6.07) is 5.24. The number of thiophene rings is 1. The number of amides is 1. The van der Waals surface area contributed by atoms with Gasteiger partial charge in [0.1, 0.15) is 10.8 Å². The second-order valence-corrected chi connectivity index (χ2v) is 8.31. The average molecular weight is 452 g/mol. The minimum atomic E-state index is -0.398. The quantitative estimate of drug-likeness (QED) is 0.462. The molecule has 144 valence electrons. The SMILES string of the molecule is CCCCOc1ccc(C(=O)Nc2sc3c(c2C(=O)OC)CCC3)cc1Br. The summed E-state index contributed by atoms with van der Waals surface area (Å²) >= 11 is 4.93. The van der Waals surface area contributed by atoms with Gasteiger partial charge < -0.3 is 14.8 Å². The van der Waals surface area contributed by atoms with Crippen molar-refractivity contribution in [1.29, 1.82) is 0 Å². The number of esters is 1. The molecule has 0 unspecified atom stereocenters. The standard InChI is InChI=1S/C20H22BrNO4S/c1-3-4-10-26-15-9-8-12(11-14(15)21)18(23)22-19-17(20(24)25-2)13-6-5-7-16(13)27-19/h8-9,11H,3-7,10H2,1-2H3,(H,22,23). The third-order valence-corrected chi connectivity index (χ3v) is 6.31. The number of halogens is 1. The van der Waals surface area contributed by atoms with Crippen molar-refractivity contribution in [2.75, 3.05) is 19.0 Å². The lowest BCUT2D eigenvalue weighted by molar-refractivity contribution is 0.0601. The molecular formula is C20H22BrNO4S. The number of hydrogen-bond donors (Lipinski definition) is 1. The number of aryl methyl sites for hydroxylation is 1. The minimum absolute atomic E-state index is 0.263. The van der Waals surface area contributed by atoms with Crippen LogP contribution in [0.25, 0.3) is 0 Å². The van der Waals surface area contributed by atoms with E-state index in [1.807, 2.05) is 0 Å². The summed E-state index contributed by atoms with van der Waals surface area (Å²) in [6.45, 7) is 2.75. The first kappa shape index (κ1) is 19.9. The molecule has 0 saturated heterocycles. The van der Waals surface area contributed by atoms with E-state index < -0.39 is 5.97 Å². The van der Waals surface area contributed by atoms with Gasteiger partial charge in [-0.05, 0) is 65.4 Å². The Morgan fingerprint density at radius 2 is 2.11 bits per heavy atom. The van der Waals surface area contributed by atoms with Gasteiger partial charge in [0.25, 0.3) is 5.91 Å². The van der Waals surface area contributed by atoms with E-state index in [2.05, 4.69) is 28.2 Å². The maximum atomic E-state index is 12.7. The summed E-state index contributed by atoms with van der Waals surface area (Å²) in [5, 5.41) is 3.45. The highest BCUT2D eigenvalue weighted by Crippen LogP contribution is 2.39. The summed E-state index contributed by atoms with van der Waals surface area (Å²) in [5.41, 5.74) is 2.01. The Morgan fingerprint density at radius 1 is 1.30 bits per heavy atom. The van der Waals surface area contributed by atoms with Crippen LogP contribution in [0.4, 0.5) is 5.00 Å². The number of carbonyl (C=O) groups is 2. The number of methoxy groups -OCH3 is 1. The van der Waals surface area contributed by atoms with Gasteiger partial charge >= 0.3 is 5.97 Å². The van der Waals surface area contributed by atoms with Gasteiger partial charge in [0, 0.05) is 10.4 Å². The Balaban J connectivity index is 1.78. The fraction of sp³-hybridized carbons (Fsp3) is 0.400. The van der Waals surface area contributed by atoms with E-state index in [4.69, 9.17) is 9.47 Å². The molecule has 27 heavy (non-hydrogen) atoms. The molecular weight excluding hydrogens is 430 g/mol. The van der Waals surface area contributed by atoms with Crippen molar-refractivity contribution in [1.82, 2.24) is 0 Å². The van der Waals surface area contributed by atoms with Crippen LogP contribution in [0.15, 0.2) is 22.7 Å². The van der Waals surface area contributed by atoms with Gasteiger partial charge in [0.15, 0.2) is 0 Å². The van der Waals surface area contributed by atoms with Crippen LogP contribution in [-0.2, 0) is 17.6 Å². The van der Waals surface area contributed by atoms with E-state index in [9.17, 15) is 9.59 Å². The molecule has 0 fully saturated rings. The molecule has 1 N–H and O–H groups in total. The lowest BCUT2D eigenvalue weighted by Gasteiger charge is -2.10. The van der Waals surface area contributed by atoms with E-state index in [1.165, 1.54) is 18.4 Å². The van der Waals surface area contributed by atoms with Gasteiger partial charge in [-0.25, -0.2) is 4.79 Å². The number of anilines is 1. The maximum absolute atomic E-state index is 12.7. The molecule has 0 spiro atoms. The molecule has 3 rings (SSSR count). The van der Waals surface area contributed by atoms with Crippen molar-refractivity contribution < 1.29 is 19.1 Å². The molecule has 1 aliphatic rings. The number of ether oxygens (including phenoxy) is 2. The van der Waals surface area contributed by atoms with Crippen LogP contribution in [0.3, 0.4) is 0 Å². The highest BCUT2D eigenvalue weighted by atomic mass is 79.9. The predicted molar refractivity (Wildman–Crippen MR) is 110 cm³/mol. The van der Waals surface area contributed by atoms with Crippen molar-refractivity contribution in [3.05, 3.63) is 44.2 Å². The first-order valence-electron chi connectivity index (χ1n) is 9.01. The second kappa shape index (κ2) is 8.89. The zero-order valence-corrected chi connectivity index (χ0v) is 17.8. The largest absolute Gasteiger partial charge is 0.492 e. The number of rotatable bonds is 7. The number of nitrogens with one attached hydrogen (secondary N) is 1. The Bertz CT molecular complexity index is 862. The third-order valence-electron chi connectivity index (χ3n) is 4.49. The molecule has 1 aliphatic carbocycles. The highest BCUT2D eigenvalue weighted by Gasteiger charge is 2.28. The van der Waals surface area contributed by atoms with Gasteiger partial charge in [-0.2, -0.15) is 0 Å². The van der Waals surface area contributed by atoms with E-state index in [1.54, 1.807) is 18.2 Å². The van der Waals surface area contributed by atoms with Crippen LogP contribution in [0.2, 0.25) is 0 Å². The lowest BCUT2D eigenvalue weighted by atomic mass is 10.1. The lowest BCUT2D eigenvalue weighted by Crippen LogP contribution is -2.14. The number of unbranched alkanes of at least 4 members (excludes halogenated alkanes) is 1. The first-order valence-corrected chi connectivity index (χ1v) is 10.6. The van der Waals surface area contributed by atoms with E-state index in [0.29, 0.717) is 28.5 Å². The Hall–Kier alpha value is -1.86. The summed E-state index contributed by atoms with van der Waals surface area (Å²) in [5.74, 6) is 0.0526. The Kier molecular flexibility index (Phi) is 6.55. The van der Waals surface area contributed by atoms with Crippen molar-refractivity contribution in [3.63, 3.8) is 0 Å². The number of fused-ring (bicyclic) bond motifs is 1. The van der Waals surface area contributed by atoms with Crippen molar-refractivity contribution in [3.8, 4) is 5.75 Å². The molecule has 7 heteroatoms. The molecule has 1 aromatic carbocycles. The van der Waals surface area contributed by atoms with Crippen LogP contribution < -0.4 is 10.1 Å². The van der Waals surface area contributed by atoms with Crippen LogP contribution >= 0.6 is 27.3 Å². The Labute approximate surface area is 171 Å². The van der Waals surface area contributed by atoms with Crippen LogP contribution in [0.1, 0.15) is 57.3 Å². The second-order valence-electron chi connectivity index (χ2n) is 6.35. The number of hydrogen-bond acceptors (Lipinski definition) is 5. The maximum Gasteiger partial charge on any atom is 0.341 e. The summed E-state index contributed by atoms with van der Waals surface area (Å²) in [4.78, 5) is 26.1. The van der Waals surface area contributed by atoms with Crippen molar-refractivity contribution in [2.24, 2.45) is 0 Å². The molecule has 0 saturated carbocycles. The van der Waals surface area contributed by atoms with Gasteiger partial charge in [0.05, 0.1) is 23.8 Å². The molecule has 0 atom stereocenters. The third kappa shape index (κ3) is 4.35. The number of carbonyl (C=O) groups excluding carboxylic acids is 2. The number of benzene rings is 1. The normalized spacial score (nSPS) is 12.6. The summed E-state index contributed by atoms with van der Waals surface area (Å²) < 4.78 is 11.4. The molecule has 1 amide bonds. The minimum Gasteiger partial charge on any atom is -0.492 e. The molecule has 0 aliphatic heterocycles. The van der Waals surface area contributed by atoms with E-state index in [0.717, 1.165) is 47.0 Å². The average Bonchev–Trinajstić information content (AvgIpc) is 3.23. The van der Waals surface area contributed by atoms with Gasteiger partial charge in [0.2, 0.25) is 0 Å². The fourth-order valence-corrected chi connectivity index (χ4v) is 4.84. The van der Waals surface area contributed by atoms with E-state index in [-0.39, 0.29) is 5.91 Å². The monoisotopic (exact) mass is 451 g/mol. The topological polar surface area (TPSA) is 64.6 Å². The van der Waals surface area contributed by atoms with Gasteiger partial charge in [-0.3, -0.25) is 4.79 Å². The highest BCUT2D eigenvalue weighted by molar-refractivity contribution is 9.10. The molecule has 2 aromatic rings. The summed E-state index contributed by atoms with van der Waals surface area (Å²) in [6.07, 6.45) is 4.86. The molecule has 1 heterocycles. The zero-order valence-electron chi connectivity index (χ0n) is 15.4.